The summed E-state index contributed by atoms with van der Waals surface area (Å²) in [4.78, 5) is 25.9. The number of carbonyl (C=O) groups is 2. The maximum atomic E-state index is 13.9. The van der Waals surface area contributed by atoms with Crippen molar-refractivity contribution < 1.29 is 14.0 Å². The molecule has 1 aliphatic rings. The van der Waals surface area contributed by atoms with E-state index in [0.717, 1.165) is 0 Å². The van der Waals surface area contributed by atoms with Crippen molar-refractivity contribution in [1.29, 1.82) is 0 Å². The van der Waals surface area contributed by atoms with E-state index in [2.05, 4.69) is 10.4 Å². The molecule has 6 nitrogen and oxygen atoms in total. The quantitative estimate of drug-likeness (QED) is 0.905. The predicted octanol–water partition coefficient (Wildman–Crippen LogP) is 1.58. The van der Waals surface area contributed by atoms with Crippen molar-refractivity contribution in [2.45, 2.75) is 25.9 Å². The van der Waals surface area contributed by atoms with Gasteiger partial charge in [0.05, 0.1) is 18.2 Å². The van der Waals surface area contributed by atoms with Crippen LogP contribution in [0.1, 0.15) is 13.3 Å². The number of benzene rings is 1. The Balaban J connectivity index is 1.61. The van der Waals surface area contributed by atoms with Gasteiger partial charge in [-0.1, -0.05) is 12.1 Å². The second-order valence-corrected chi connectivity index (χ2v) is 5.99. The molecule has 2 heterocycles. The van der Waals surface area contributed by atoms with Crippen molar-refractivity contribution >= 4 is 17.5 Å². The van der Waals surface area contributed by atoms with Gasteiger partial charge in [-0.3, -0.25) is 14.3 Å². The molecule has 7 heteroatoms. The van der Waals surface area contributed by atoms with Crippen molar-refractivity contribution in [2.75, 3.05) is 11.4 Å². The highest BCUT2D eigenvalue weighted by molar-refractivity contribution is 6.00. The summed E-state index contributed by atoms with van der Waals surface area (Å²) < 4.78 is 15.6. The van der Waals surface area contributed by atoms with Crippen LogP contribution in [0.2, 0.25) is 0 Å². The SMILES string of the molecule is C[C@@H](Cn1cccn1)NC(=O)[C@@H]1CC(=O)N(c2ccccc2F)C1. The van der Waals surface area contributed by atoms with Crippen LogP contribution in [0.15, 0.2) is 42.7 Å². The van der Waals surface area contributed by atoms with Crippen molar-refractivity contribution in [3.8, 4) is 0 Å². The van der Waals surface area contributed by atoms with E-state index in [1.165, 1.54) is 11.0 Å². The molecule has 0 saturated carbocycles. The Kier molecular flexibility index (Phi) is 4.59. The number of para-hydroxylation sites is 1. The van der Waals surface area contributed by atoms with Crippen molar-refractivity contribution in [2.24, 2.45) is 5.92 Å². The monoisotopic (exact) mass is 330 g/mol. The number of carbonyl (C=O) groups excluding carboxylic acids is 2. The molecule has 1 aromatic heterocycles. The average Bonchev–Trinajstić information content (AvgIpc) is 3.17. The maximum Gasteiger partial charge on any atom is 0.227 e. The lowest BCUT2D eigenvalue weighted by Gasteiger charge is -2.19. The predicted molar refractivity (Wildman–Crippen MR) is 86.7 cm³/mol. The fourth-order valence-electron chi connectivity index (χ4n) is 2.88. The van der Waals surface area contributed by atoms with Gasteiger partial charge in [0.25, 0.3) is 0 Å². The molecule has 3 rings (SSSR count). The molecule has 126 valence electrons. The van der Waals surface area contributed by atoms with E-state index < -0.39 is 11.7 Å². The summed E-state index contributed by atoms with van der Waals surface area (Å²) in [6, 6.07) is 7.80. The van der Waals surface area contributed by atoms with E-state index in [4.69, 9.17) is 0 Å². The second-order valence-electron chi connectivity index (χ2n) is 5.99. The van der Waals surface area contributed by atoms with Gasteiger partial charge in [0, 0.05) is 31.4 Å². The van der Waals surface area contributed by atoms with Crippen LogP contribution in [0, 0.1) is 11.7 Å². The topological polar surface area (TPSA) is 67.2 Å². The van der Waals surface area contributed by atoms with Gasteiger partial charge in [-0.15, -0.1) is 0 Å². The smallest absolute Gasteiger partial charge is 0.227 e. The van der Waals surface area contributed by atoms with Crippen molar-refractivity contribution in [3.63, 3.8) is 0 Å². The third-order valence-corrected chi connectivity index (χ3v) is 4.05. The molecule has 1 N–H and O–H groups in total. The van der Waals surface area contributed by atoms with Crippen LogP contribution >= 0.6 is 0 Å². The number of rotatable bonds is 5. The molecule has 2 amide bonds. The Morgan fingerprint density at radius 1 is 1.42 bits per heavy atom. The molecular formula is C17H19FN4O2. The van der Waals surface area contributed by atoms with Crippen LogP contribution in [0.4, 0.5) is 10.1 Å². The van der Waals surface area contributed by atoms with Crippen LogP contribution in [0.5, 0.6) is 0 Å². The molecule has 2 atom stereocenters. The standard InChI is InChI=1S/C17H19FN4O2/c1-12(10-21-8-4-7-19-21)20-17(24)13-9-16(23)22(11-13)15-6-3-2-5-14(15)18/h2-8,12-13H,9-11H2,1H3,(H,20,24)/t12-,13+/m0/s1. The molecule has 0 spiro atoms. The van der Waals surface area contributed by atoms with Crippen molar-refractivity contribution in [3.05, 3.63) is 48.5 Å². The number of anilines is 1. The van der Waals surface area contributed by atoms with E-state index in [-0.39, 0.29) is 36.5 Å². The molecule has 0 bridgehead atoms. The lowest BCUT2D eigenvalue weighted by molar-refractivity contribution is -0.126. The zero-order valence-corrected chi connectivity index (χ0v) is 13.4. The number of hydrogen-bond acceptors (Lipinski definition) is 3. The number of nitrogens with one attached hydrogen (secondary N) is 1. The van der Waals surface area contributed by atoms with E-state index in [1.807, 2.05) is 19.2 Å². The van der Waals surface area contributed by atoms with Gasteiger partial charge >= 0.3 is 0 Å². The van der Waals surface area contributed by atoms with Gasteiger partial charge in [0.2, 0.25) is 11.8 Å². The van der Waals surface area contributed by atoms with E-state index in [0.29, 0.717) is 6.54 Å². The zero-order chi connectivity index (χ0) is 17.1. The highest BCUT2D eigenvalue weighted by Gasteiger charge is 2.36. The van der Waals surface area contributed by atoms with Crippen LogP contribution in [-0.4, -0.2) is 34.2 Å². The van der Waals surface area contributed by atoms with E-state index >= 15 is 0 Å². The van der Waals surface area contributed by atoms with Gasteiger partial charge in [-0.2, -0.15) is 5.10 Å². The fraction of sp³-hybridized carbons (Fsp3) is 0.353. The maximum absolute atomic E-state index is 13.9. The molecular weight excluding hydrogens is 311 g/mol. The Bertz CT molecular complexity index is 732. The number of hydrogen-bond donors (Lipinski definition) is 1. The molecule has 0 aliphatic carbocycles. The Morgan fingerprint density at radius 3 is 2.92 bits per heavy atom. The number of aromatic nitrogens is 2. The lowest BCUT2D eigenvalue weighted by Crippen LogP contribution is -2.40. The number of amides is 2. The molecule has 2 aromatic rings. The molecule has 1 aromatic carbocycles. The highest BCUT2D eigenvalue weighted by atomic mass is 19.1. The fourth-order valence-corrected chi connectivity index (χ4v) is 2.88. The third-order valence-electron chi connectivity index (χ3n) is 4.05. The first-order valence-corrected chi connectivity index (χ1v) is 7.87. The van der Waals surface area contributed by atoms with Crippen LogP contribution in [0.25, 0.3) is 0 Å². The average molecular weight is 330 g/mol. The summed E-state index contributed by atoms with van der Waals surface area (Å²) in [5.41, 5.74) is 0.224. The van der Waals surface area contributed by atoms with Crippen LogP contribution in [0.3, 0.4) is 0 Å². The minimum Gasteiger partial charge on any atom is -0.351 e. The van der Waals surface area contributed by atoms with Crippen LogP contribution < -0.4 is 10.2 Å². The molecule has 0 unspecified atom stereocenters. The summed E-state index contributed by atoms with van der Waals surface area (Å²) >= 11 is 0. The van der Waals surface area contributed by atoms with E-state index in [1.54, 1.807) is 29.1 Å². The number of nitrogens with zero attached hydrogens (tertiary/aromatic N) is 3. The Labute approximate surface area is 139 Å². The molecule has 1 aliphatic heterocycles. The summed E-state index contributed by atoms with van der Waals surface area (Å²) in [7, 11) is 0. The first-order valence-electron chi connectivity index (χ1n) is 7.87. The first-order chi connectivity index (χ1) is 11.5. The molecule has 1 fully saturated rings. The van der Waals surface area contributed by atoms with Gasteiger partial charge in [0.15, 0.2) is 0 Å². The molecule has 1 saturated heterocycles. The minimum absolute atomic E-state index is 0.0919. The summed E-state index contributed by atoms with van der Waals surface area (Å²) in [5.74, 6) is -1.36. The van der Waals surface area contributed by atoms with Crippen molar-refractivity contribution in [1.82, 2.24) is 15.1 Å². The zero-order valence-electron chi connectivity index (χ0n) is 13.4. The van der Waals surface area contributed by atoms with Crippen LogP contribution in [-0.2, 0) is 16.1 Å². The second kappa shape index (κ2) is 6.82. The summed E-state index contributed by atoms with van der Waals surface area (Å²) in [5, 5.41) is 6.99. The Morgan fingerprint density at radius 2 is 2.21 bits per heavy atom. The third kappa shape index (κ3) is 3.45. The molecule has 0 radical (unpaired) electrons. The number of halogens is 1. The first kappa shape index (κ1) is 16.2. The van der Waals surface area contributed by atoms with Gasteiger partial charge in [-0.25, -0.2) is 4.39 Å². The van der Waals surface area contributed by atoms with E-state index in [9.17, 15) is 14.0 Å². The summed E-state index contributed by atoms with van der Waals surface area (Å²) in [6.07, 6.45) is 3.59. The Hall–Kier alpha value is -2.70. The summed E-state index contributed by atoms with van der Waals surface area (Å²) in [6.45, 7) is 2.63. The lowest BCUT2D eigenvalue weighted by atomic mass is 10.1. The normalized spacial score (nSPS) is 18.7. The minimum atomic E-state index is -0.475. The highest BCUT2D eigenvalue weighted by Crippen LogP contribution is 2.27. The van der Waals surface area contributed by atoms with Gasteiger partial charge in [-0.05, 0) is 25.1 Å². The molecule has 24 heavy (non-hydrogen) atoms. The van der Waals surface area contributed by atoms with Gasteiger partial charge in [0.1, 0.15) is 5.82 Å². The largest absolute Gasteiger partial charge is 0.351 e. The van der Waals surface area contributed by atoms with Gasteiger partial charge < -0.3 is 10.2 Å².